The predicted octanol–water partition coefficient (Wildman–Crippen LogP) is 1.92. The number of aryl methyl sites for hydroxylation is 2. The van der Waals surface area contributed by atoms with Crippen LogP contribution in [0.3, 0.4) is 0 Å². The number of amides is 1. The first kappa shape index (κ1) is 22.0. The smallest absolute Gasteiger partial charge is 0.245 e. The molecule has 168 valence electrons. The van der Waals surface area contributed by atoms with E-state index in [9.17, 15) is 13.2 Å². The van der Waals surface area contributed by atoms with Crippen LogP contribution in [0.2, 0.25) is 5.15 Å². The molecule has 0 unspecified atom stereocenters. The van der Waals surface area contributed by atoms with Crippen molar-refractivity contribution < 1.29 is 13.2 Å². The summed E-state index contributed by atoms with van der Waals surface area (Å²) in [7, 11) is -2.11. The molecule has 8 nitrogen and oxygen atoms in total. The molecule has 1 N–H and O–H groups in total. The SMILES string of the molecule is Cc1nn(C)c(Cl)c1S(=O)(=O)NC1CCC(C(=O)N2CCN(C3CCC3)CC2)CC1. The number of sulfonamides is 1. The summed E-state index contributed by atoms with van der Waals surface area (Å²) in [6.45, 7) is 5.25. The van der Waals surface area contributed by atoms with Crippen LogP contribution in [-0.4, -0.2) is 72.2 Å². The molecule has 3 fully saturated rings. The molecule has 3 aliphatic rings. The van der Waals surface area contributed by atoms with Crippen LogP contribution in [-0.2, 0) is 21.9 Å². The van der Waals surface area contributed by atoms with E-state index in [2.05, 4.69) is 14.7 Å². The molecule has 2 aliphatic carbocycles. The molecule has 4 rings (SSSR count). The quantitative estimate of drug-likeness (QED) is 0.729. The van der Waals surface area contributed by atoms with Gasteiger partial charge in [-0.2, -0.15) is 5.10 Å². The Balaban J connectivity index is 1.28. The Labute approximate surface area is 184 Å². The number of aromatic nitrogens is 2. The van der Waals surface area contributed by atoms with Crippen molar-refractivity contribution in [3.05, 3.63) is 10.8 Å². The highest BCUT2D eigenvalue weighted by atomic mass is 35.5. The largest absolute Gasteiger partial charge is 0.340 e. The van der Waals surface area contributed by atoms with E-state index in [0.717, 1.165) is 32.2 Å². The first-order valence-electron chi connectivity index (χ1n) is 11.0. The molecule has 1 aromatic rings. The number of nitrogens with zero attached hydrogens (tertiary/aromatic N) is 4. The molecule has 0 bridgehead atoms. The standard InChI is InChI=1S/C20H32ClN5O3S/c1-14-18(19(21)24(2)22-14)30(28,29)23-16-8-6-15(7-9-16)20(27)26-12-10-25(11-13-26)17-4-3-5-17/h15-17,23H,3-13H2,1-2H3. The minimum absolute atomic E-state index is 0.00437. The van der Waals surface area contributed by atoms with E-state index in [-0.39, 0.29) is 27.9 Å². The van der Waals surface area contributed by atoms with Gasteiger partial charge < -0.3 is 4.90 Å². The van der Waals surface area contributed by atoms with Crippen LogP contribution in [0.4, 0.5) is 0 Å². The fourth-order valence-electron chi connectivity index (χ4n) is 4.97. The molecule has 0 radical (unpaired) electrons. The van der Waals surface area contributed by atoms with Crippen molar-refractivity contribution >= 4 is 27.5 Å². The highest BCUT2D eigenvalue weighted by molar-refractivity contribution is 7.89. The first-order valence-corrected chi connectivity index (χ1v) is 12.9. The number of carbonyl (C=O) groups is 1. The van der Waals surface area contributed by atoms with E-state index in [4.69, 9.17) is 11.6 Å². The zero-order valence-electron chi connectivity index (χ0n) is 17.8. The monoisotopic (exact) mass is 457 g/mol. The minimum Gasteiger partial charge on any atom is -0.340 e. The first-order chi connectivity index (χ1) is 14.3. The zero-order chi connectivity index (χ0) is 21.5. The van der Waals surface area contributed by atoms with Gasteiger partial charge >= 0.3 is 0 Å². The van der Waals surface area contributed by atoms with Gasteiger partial charge in [-0.1, -0.05) is 18.0 Å². The molecule has 0 atom stereocenters. The lowest BCUT2D eigenvalue weighted by Crippen LogP contribution is -2.54. The maximum atomic E-state index is 13.0. The van der Waals surface area contributed by atoms with Crippen molar-refractivity contribution in [2.75, 3.05) is 26.2 Å². The molecule has 1 aromatic heterocycles. The van der Waals surface area contributed by atoms with Gasteiger partial charge in [-0.25, -0.2) is 13.1 Å². The Kier molecular flexibility index (Phi) is 6.44. The number of hydrogen-bond acceptors (Lipinski definition) is 5. The van der Waals surface area contributed by atoms with E-state index in [1.165, 1.54) is 23.9 Å². The third-order valence-electron chi connectivity index (χ3n) is 6.98. The summed E-state index contributed by atoms with van der Waals surface area (Å²) >= 11 is 6.14. The molecule has 1 aliphatic heterocycles. The van der Waals surface area contributed by atoms with Gasteiger partial charge in [-0.15, -0.1) is 0 Å². The van der Waals surface area contributed by atoms with Gasteiger partial charge in [0.2, 0.25) is 15.9 Å². The van der Waals surface area contributed by atoms with E-state index < -0.39 is 10.0 Å². The van der Waals surface area contributed by atoms with Gasteiger partial charge in [-0.05, 0) is 45.4 Å². The summed E-state index contributed by atoms with van der Waals surface area (Å²) in [5.41, 5.74) is 0.389. The molecule has 2 heterocycles. The topological polar surface area (TPSA) is 87.5 Å². The molecule has 1 saturated heterocycles. The fraction of sp³-hybridized carbons (Fsp3) is 0.800. The lowest BCUT2D eigenvalue weighted by molar-refractivity contribution is -0.139. The van der Waals surface area contributed by atoms with Crippen LogP contribution in [0.5, 0.6) is 0 Å². The number of nitrogens with one attached hydrogen (secondary N) is 1. The summed E-state index contributed by atoms with van der Waals surface area (Å²) in [5.74, 6) is 0.250. The summed E-state index contributed by atoms with van der Waals surface area (Å²) < 4.78 is 29.8. The average Bonchev–Trinajstić information content (AvgIpc) is 2.93. The molecule has 1 amide bonds. The van der Waals surface area contributed by atoms with Crippen LogP contribution in [0.15, 0.2) is 4.90 Å². The summed E-state index contributed by atoms with van der Waals surface area (Å²) in [6, 6.07) is 0.563. The van der Waals surface area contributed by atoms with E-state index >= 15 is 0 Å². The fourth-order valence-corrected chi connectivity index (χ4v) is 7.03. The minimum atomic E-state index is -3.74. The number of carbonyl (C=O) groups excluding carboxylic acids is 1. The molecular weight excluding hydrogens is 426 g/mol. The molecular formula is C20H32ClN5O3S. The number of piperazine rings is 1. The highest BCUT2D eigenvalue weighted by Crippen LogP contribution is 2.30. The van der Waals surface area contributed by atoms with Gasteiger partial charge in [0.25, 0.3) is 0 Å². The van der Waals surface area contributed by atoms with Crippen molar-refractivity contribution in [3.8, 4) is 0 Å². The lowest BCUT2D eigenvalue weighted by atomic mass is 9.85. The second-order valence-electron chi connectivity index (χ2n) is 8.94. The Bertz CT molecular complexity index is 882. The normalized spacial score (nSPS) is 26.6. The predicted molar refractivity (Wildman–Crippen MR) is 115 cm³/mol. The zero-order valence-corrected chi connectivity index (χ0v) is 19.4. The van der Waals surface area contributed by atoms with Crippen molar-refractivity contribution in [3.63, 3.8) is 0 Å². The number of rotatable bonds is 5. The molecule has 0 aromatic carbocycles. The summed E-state index contributed by atoms with van der Waals surface area (Å²) in [4.78, 5) is 17.6. The van der Waals surface area contributed by atoms with Crippen LogP contribution in [0.1, 0.15) is 50.6 Å². The van der Waals surface area contributed by atoms with Gasteiger partial charge in [0.15, 0.2) is 0 Å². The van der Waals surface area contributed by atoms with Gasteiger partial charge in [0.1, 0.15) is 10.0 Å². The number of halogens is 1. The Morgan fingerprint density at radius 3 is 2.20 bits per heavy atom. The van der Waals surface area contributed by atoms with Gasteiger partial charge in [0, 0.05) is 51.2 Å². The third-order valence-corrected chi connectivity index (χ3v) is 9.20. The Morgan fingerprint density at radius 2 is 1.70 bits per heavy atom. The van der Waals surface area contributed by atoms with Crippen molar-refractivity contribution in [1.82, 2.24) is 24.3 Å². The lowest BCUT2D eigenvalue weighted by Gasteiger charge is -2.44. The van der Waals surface area contributed by atoms with Gasteiger partial charge in [-0.3, -0.25) is 14.4 Å². The second kappa shape index (κ2) is 8.76. The van der Waals surface area contributed by atoms with E-state index in [1.54, 1.807) is 14.0 Å². The van der Waals surface area contributed by atoms with Crippen LogP contribution in [0, 0.1) is 12.8 Å². The Hall–Kier alpha value is -1.16. The van der Waals surface area contributed by atoms with Gasteiger partial charge in [0.05, 0.1) is 5.69 Å². The molecule has 30 heavy (non-hydrogen) atoms. The molecule has 10 heteroatoms. The summed E-state index contributed by atoms with van der Waals surface area (Å²) in [6.07, 6.45) is 6.70. The van der Waals surface area contributed by atoms with Crippen LogP contribution in [0.25, 0.3) is 0 Å². The third kappa shape index (κ3) is 4.40. The summed E-state index contributed by atoms with van der Waals surface area (Å²) in [5, 5.41) is 4.21. The second-order valence-corrected chi connectivity index (χ2v) is 11.0. The van der Waals surface area contributed by atoms with Crippen LogP contribution >= 0.6 is 11.6 Å². The number of hydrogen-bond donors (Lipinski definition) is 1. The van der Waals surface area contributed by atoms with Crippen molar-refractivity contribution in [2.45, 2.75) is 68.8 Å². The Morgan fingerprint density at radius 1 is 1.07 bits per heavy atom. The van der Waals surface area contributed by atoms with E-state index in [0.29, 0.717) is 31.4 Å². The van der Waals surface area contributed by atoms with Crippen molar-refractivity contribution in [2.24, 2.45) is 13.0 Å². The average molecular weight is 458 g/mol. The van der Waals surface area contributed by atoms with E-state index in [1.807, 2.05) is 4.90 Å². The molecule has 2 saturated carbocycles. The van der Waals surface area contributed by atoms with Crippen molar-refractivity contribution in [1.29, 1.82) is 0 Å². The maximum Gasteiger partial charge on any atom is 0.245 e. The maximum absolute atomic E-state index is 13.0. The molecule has 0 spiro atoms. The van der Waals surface area contributed by atoms with Crippen LogP contribution < -0.4 is 4.72 Å². The highest BCUT2D eigenvalue weighted by Gasteiger charge is 2.35.